The first-order valence-corrected chi connectivity index (χ1v) is 8.59. The summed E-state index contributed by atoms with van der Waals surface area (Å²) in [6.07, 6.45) is 2.41. The van der Waals surface area contributed by atoms with Crippen molar-refractivity contribution in [3.63, 3.8) is 0 Å². The number of hydrogen-bond acceptors (Lipinski definition) is 4. The minimum absolute atomic E-state index is 0.0715. The number of nitrogens with zero attached hydrogens (tertiary/aromatic N) is 3. The molecule has 3 aromatic heterocycles. The summed E-state index contributed by atoms with van der Waals surface area (Å²) in [7, 11) is 0. The van der Waals surface area contributed by atoms with Gasteiger partial charge >= 0.3 is 6.18 Å². The van der Waals surface area contributed by atoms with Gasteiger partial charge < -0.3 is 10.3 Å². The number of aromatic nitrogens is 4. The van der Waals surface area contributed by atoms with Crippen molar-refractivity contribution in [3.8, 4) is 11.3 Å². The van der Waals surface area contributed by atoms with Crippen molar-refractivity contribution in [2.45, 2.75) is 37.9 Å². The van der Waals surface area contributed by atoms with E-state index in [1.165, 1.54) is 0 Å². The minimum atomic E-state index is -4.14. The normalized spacial score (nSPS) is 21.0. The molecule has 0 amide bonds. The van der Waals surface area contributed by atoms with E-state index in [1.807, 2.05) is 12.1 Å². The lowest BCUT2D eigenvalue weighted by Crippen LogP contribution is -2.34. The predicted molar refractivity (Wildman–Crippen MR) is 92.5 cm³/mol. The lowest BCUT2D eigenvalue weighted by Gasteiger charge is -2.31. The lowest BCUT2D eigenvalue weighted by molar-refractivity contribution is -0.182. The SMILES string of the molecule is FC(F)(F)[C@@H]1CCC[C@H](Nc2ncccc2-c2cnc3[nH]ccc3n2)C1. The van der Waals surface area contributed by atoms with Gasteiger partial charge in [0.25, 0.3) is 0 Å². The third-order valence-electron chi connectivity index (χ3n) is 4.82. The number of nitrogens with one attached hydrogen (secondary N) is 2. The molecular formula is C18H18F3N5. The monoisotopic (exact) mass is 361 g/mol. The molecule has 4 rings (SSSR count). The Hall–Kier alpha value is -2.64. The number of alkyl halides is 3. The van der Waals surface area contributed by atoms with E-state index in [0.717, 1.165) is 11.1 Å². The molecule has 0 aliphatic heterocycles. The second kappa shape index (κ2) is 6.59. The van der Waals surface area contributed by atoms with E-state index >= 15 is 0 Å². The highest BCUT2D eigenvalue weighted by atomic mass is 19.4. The summed E-state index contributed by atoms with van der Waals surface area (Å²) in [6.45, 7) is 0. The van der Waals surface area contributed by atoms with Gasteiger partial charge in [0.2, 0.25) is 0 Å². The van der Waals surface area contributed by atoms with Crippen LogP contribution in [-0.2, 0) is 0 Å². The second-order valence-corrected chi connectivity index (χ2v) is 6.61. The second-order valence-electron chi connectivity index (χ2n) is 6.61. The summed E-state index contributed by atoms with van der Waals surface area (Å²) in [5.41, 5.74) is 2.78. The Kier molecular flexibility index (Phi) is 4.26. The number of hydrogen-bond donors (Lipinski definition) is 2. The molecule has 3 aromatic rings. The van der Waals surface area contributed by atoms with Crippen molar-refractivity contribution >= 4 is 17.0 Å². The third-order valence-corrected chi connectivity index (χ3v) is 4.82. The molecule has 1 aliphatic carbocycles. The van der Waals surface area contributed by atoms with Crippen molar-refractivity contribution in [1.29, 1.82) is 0 Å². The molecule has 0 unspecified atom stereocenters. The van der Waals surface area contributed by atoms with Crippen LogP contribution in [0.2, 0.25) is 0 Å². The van der Waals surface area contributed by atoms with Crippen molar-refractivity contribution < 1.29 is 13.2 Å². The Morgan fingerprint density at radius 1 is 1.15 bits per heavy atom. The van der Waals surface area contributed by atoms with Crippen LogP contribution in [-0.4, -0.2) is 32.2 Å². The van der Waals surface area contributed by atoms with Gasteiger partial charge in [-0.3, -0.25) is 0 Å². The highest BCUT2D eigenvalue weighted by Crippen LogP contribution is 2.38. The Bertz CT molecular complexity index is 905. The van der Waals surface area contributed by atoms with Crippen LogP contribution in [0, 0.1) is 5.92 Å². The van der Waals surface area contributed by atoms with Crippen LogP contribution in [0.5, 0.6) is 0 Å². The fourth-order valence-corrected chi connectivity index (χ4v) is 3.50. The van der Waals surface area contributed by atoms with Crippen LogP contribution >= 0.6 is 0 Å². The molecule has 0 spiro atoms. The standard InChI is InChI=1S/C18H18F3N5/c19-18(20,21)11-3-1-4-12(9-11)25-16-13(5-2-7-22-16)15-10-24-17-14(26-15)6-8-23-17/h2,5-8,10-12H,1,3-4,9H2,(H,22,25)(H,23,24)/t11-,12+/m1/s1. The molecule has 26 heavy (non-hydrogen) atoms. The molecular weight excluding hydrogens is 343 g/mol. The number of aromatic amines is 1. The molecule has 1 saturated carbocycles. The van der Waals surface area contributed by atoms with E-state index in [9.17, 15) is 13.2 Å². The fraction of sp³-hybridized carbons (Fsp3) is 0.389. The molecule has 0 saturated heterocycles. The largest absolute Gasteiger partial charge is 0.391 e. The smallest absolute Gasteiger partial charge is 0.367 e. The molecule has 0 aromatic carbocycles. The maximum Gasteiger partial charge on any atom is 0.391 e. The summed E-state index contributed by atoms with van der Waals surface area (Å²) >= 11 is 0. The highest BCUT2D eigenvalue weighted by Gasteiger charge is 2.42. The van der Waals surface area contributed by atoms with Crippen LogP contribution in [0.3, 0.4) is 0 Å². The third kappa shape index (κ3) is 3.36. The highest BCUT2D eigenvalue weighted by molar-refractivity contribution is 5.78. The molecule has 0 bridgehead atoms. The number of halogens is 3. The number of pyridine rings is 1. The average Bonchev–Trinajstić information content (AvgIpc) is 3.09. The summed E-state index contributed by atoms with van der Waals surface area (Å²) in [4.78, 5) is 16.2. The van der Waals surface area contributed by atoms with Crippen molar-refractivity contribution in [2.24, 2.45) is 5.92 Å². The van der Waals surface area contributed by atoms with Crippen molar-refractivity contribution in [2.75, 3.05) is 5.32 Å². The maximum atomic E-state index is 13.1. The minimum Gasteiger partial charge on any atom is -0.367 e. The van der Waals surface area contributed by atoms with E-state index in [0.29, 0.717) is 30.0 Å². The predicted octanol–water partition coefficient (Wildman–Crippen LogP) is 4.55. The van der Waals surface area contributed by atoms with Gasteiger partial charge in [0.1, 0.15) is 11.3 Å². The lowest BCUT2D eigenvalue weighted by atomic mass is 9.85. The molecule has 1 fully saturated rings. The quantitative estimate of drug-likeness (QED) is 0.718. The topological polar surface area (TPSA) is 66.5 Å². The molecule has 3 heterocycles. The van der Waals surface area contributed by atoms with Gasteiger partial charge in [0.05, 0.1) is 17.8 Å². The molecule has 2 N–H and O–H groups in total. The van der Waals surface area contributed by atoms with Crippen molar-refractivity contribution in [1.82, 2.24) is 19.9 Å². The summed E-state index contributed by atoms with van der Waals surface area (Å²) in [5.74, 6) is -0.707. The molecule has 136 valence electrons. The fourth-order valence-electron chi connectivity index (χ4n) is 3.50. The Morgan fingerprint density at radius 3 is 2.88 bits per heavy atom. The van der Waals surface area contributed by atoms with Crippen molar-refractivity contribution in [3.05, 3.63) is 36.8 Å². The molecule has 5 nitrogen and oxygen atoms in total. The van der Waals surface area contributed by atoms with E-state index in [4.69, 9.17) is 0 Å². The van der Waals surface area contributed by atoms with Crippen LogP contribution in [0.25, 0.3) is 22.4 Å². The van der Waals surface area contributed by atoms with Crippen LogP contribution in [0.4, 0.5) is 19.0 Å². The van der Waals surface area contributed by atoms with Crippen LogP contribution in [0.1, 0.15) is 25.7 Å². The Balaban J connectivity index is 1.59. The van der Waals surface area contributed by atoms with Gasteiger partial charge in [-0.1, -0.05) is 6.42 Å². The first kappa shape index (κ1) is 16.8. The van der Waals surface area contributed by atoms with Gasteiger partial charge in [-0.05, 0) is 37.5 Å². The number of rotatable bonds is 3. The van der Waals surface area contributed by atoms with E-state index < -0.39 is 12.1 Å². The summed E-state index contributed by atoms with van der Waals surface area (Å²) in [5, 5.41) is 3.21. The van der Waals surface area contributed by atoms with Crippen LogP contribution < -0.4 is 5.32 Å². The first-order chi connectivity index (χ1) is 12.5. The van der Waals surface area contributed by atoms with E-state index in [-0.39, 0.29) is 18.9 Å². The van der Waals surface area contributed by atoms with Gasteiger partial charge in [-0.2, -0.15) is 13.2 Å². The Morgan fingerprint density at radius 2 is 2.04 bits per heavy atom. The molecule has 0 radical (unpaired) electrons. The summed E-state index contributed by atoms with van der Waals surface area (Å²) < 4.78 is 39.2. The zero-order valence-electron chi connectivity index (χ0n) is 13.9. The Labute approximate surface area is 148 Å². The maximum absolute atomic E-state index is 13.1. The van der Waals surface area contributed by atoms with Gasteiger partial charge in [-0.15, -0.1) is 0 Å². The average molecular weight is 361 g/mol. The summed E-state index contributed by atoms with van der Waals surface area (Å²) in [6, 6.07) is 5.20. The van der Waals surface area contributed by atoms with Gasteiger partial charge in [0, 0.05) is 24.0 Å². The molecule has 8 heteroatoms. The van der Waals surface area contributed by atoms with E-state index in [2.05, 4.69) is 25.3 Å². The number of H-pyrrole nitrogens is 1. The number of anilines is 1. The molecule has 1 aliphatic rings. The first-order valence-electron chi connectivity index (χ1n) is 8.59. The zero-order chi connectivity index (χ0) is 18.1. The zero-order valence-corrected chi connectivity index (χ0v) is 13.9. The van der Waals surface area contributed by atoms with Gasteiger partial charge in [0.15, 0.2) is 5.65 Å². The van der Waals surface area contributed by atoms with Gasteiger partial charge in [-0.25, -0.2) is 15.0 Å². The number of fused-ring (bicyclic) bond motifs is 1. The van der Waals surface area contributed by atoms with E-state index in [1.54, 1.807) is 24.7 Å². The van der Waals surface area contributed by atoms with Crippen LogP contribution in [0.15, 0.2) is 36.8 Å². The molecule has 2 atom stereocenters.